The number of hydrogen-bond acceptors (Lipinski definition) is 4. The molecule has 0 bridgehead atoms. The summed E-state index contributed by atoms with van der Waals surface area (Å²) in [6, 6.07) is -1.59. The fourth-order valence-corrected chi connectivity index (χ4v) is 1.33. The van der Waals surface area contributed by atoms with Gasteiger partial charge in [-0.05, 0) is 0 Å². The highest BCUT2D eigenvalue weighted by Gasteiger charge is 2.22. The second-order valence-electron chi connectivity index (χ2n) is 3.77. The van der Waals surface area contributed by atoms with Gasteiger partial charge in [-0.2, -0.15) is 0 Å². The van der Waals surface area contributed by atoms with Crippen molar-refractivity contribution in [2.45, 2.75) is 12.5 Å². The first-order valence-electron chi connectivity index (χ1n) is 5.37. The SMILES string of the molecule is CN(CCO)C(=O)N[C@H](Cc1cnc[nH]1)C(=O)O. The number of carbonyl (C=O) groups excluding carboxylic acids is 1. The third-order valence-corrected chi connectivity index (χ3v) is 2.36. The van der Waals surface area contributed by atoms with E-state index in [0.29, 0.717) is 5.69 Å². The molecule has 2 amide bonds. The Hall–Kier alpha value is -2.09. The van der Waals surface area contributed by atoms with Crippen LogP contribution in [0, 0.1) is 0 Å². The summed E-state index contributed by atoms with van der Waals surface area (Å²) in [6.45, 7) is -0.0373. The van der Waals surface area contributed by atoms with E-state index in [1.54, 1.807) is 0 Å². The molecule has 4 N–H and O–H groups in total. The van der Waals surface area contributed by atoms with Crippen LogP contribution in [-0.2, 0) is 11.2 Å². The molecule has 0 saturated carbocycles. The highest BCUT2D eigenvalue weighted by atomic mass is 16.4. The molecule has 18 heavy (non-hydrogen) atoms. The Balaban J connectivity index is 2.58. The van der Waals surface area contributed by atoms with Gasteiger partial charge in [0, 0.05) is 31.9 Å². The standard InChI is InChI=1S/C10H16N4O4/c1-14(2-3-15)10(18)13-8(9(16)17)4-7-5-11-6-12-7/h5-6,8,15H,2-4H2,1H3,(H,11,12)(H,13,18)(H,16,17)/t8-/m1/s1. The van der Waals surface area contributed by atoms with E-state index in [0.717, 1.165) is 0 Å². The van der Waals surface area contributed by atoms with Gasteiger partial charge in [0.15, 0.2) is 0 Å². The number of H-pyrrole nitrogens is 1. The maximum Gasteiger partial charge on any atom is 0.326 e. The zero-order valence-corrected chi connectivity index (χ0v) is 9.96. The average molecular weight is 256 g/mol. The van der Waals surface area contributed by atoms with E-state index in [1.807, 2.05) is 0 Å². The molecule has 0 aliphatic carbocycles. The smallest absolute Gasteiger partial charge is 0.326 e. The number of aliphatic hydroxyl groups is 1. The van der Waals surface area contributed by atoms with Gasteiger partial charge in [0.05, 0.1) is 12.9 Å². The number of aliphatic hydroxyl groups excluding tert-OH is 1. The third-order valence-electron chi connectivity index (χ3n) is 2.36. The number of likely N-dealkylation sites (N-methyl/N-ethyl adjacent to an activating group) is 1. The quantitative estimate of drug-likeness (QED) is 0.522. The summed E-state index contributed by atoms with van der Waals surface area (Å²) in [6.07, 6.45) is 3.06. The number of nitrogens with one attached hydrogen (secondary N) is 2. The van der Waals surface area contributed by atoms with Crippen LogP contribution in [0.2, 0.25) is 0 Å². The molecule has 1 atom stereocenters. The normalized spacial score (nSPS) is 11.9. The Morgan fingerprint density at radius 2 is 2.33 bits per heavy atom. The number of rotatable bonds is 6. The molecule has 0 fully saturated rings. The van der Waals surface area contributed by atoms with Crippen molar-refractivity contribution in [3.63, 3.8) is 0 Å². The molecule has 8 nitrogen and oxygen atoms in total. The maximum absolute atomic E-state index is 11.6. The van der Waals surface area contributed by atoms with E-state index in [-0.39, 0.29) is 19.6 Å². The van der Waals surface area contributed by atoms with Gasteiger partial charge in [0.25, 0.3) is 0 Å². The van der Waals surface area contributed by atoms with Crippen LogP contribution in [0.25, 0.3) is 0 Å². The van der Waals surface area contributed by atoms with Crippen LogP contribution in [0.15, 0.2) is 12.5 Å². The molecule has 8 heteroatoms. The van der Waals surface area contributed by atoms with E-state index in [4.69, 9.17) is 10.2 Å². The lowest BCUT2D eigenvalue weighted by Crippen LogP contribution is -2.48. The summed E-state index contributed by atoms with van der Waals surface area (Å²) in [5.74, 6) is -1.13. The number of aromatic amines is 1. The largest absolute Gasteiger partial charge is 0.480 e. The minimum Gasteiger partial charge on any atom is -0.480 e. The van der Waals surface area contributed by atoms with Gasteiger partial charge in [-0.25, -0.2) is 14.6 Å². The number of amides is 2. The van der Waals surface area contributed by atoms with Crippen LogP contribution >= 0.6 is 0 Å². The summed E-state index contributed by atoms with van der Waals surface area (Å²) in [5.41, 5.74) is 0.618. The van der Waals surface area contributed by atoms with Crippen LogP contribution in [-0.4, -0.2) is 63.3 Å². The van der Waals surface area contributed by atoms with Gasteiger partial charge in [0.1, 0.15) is 6.04 Å². The Labute approximate surface area is 104 Å². The first kappa shape index (κ1) is 14.0. The van der Waals surface area contributed by atoms with E-state index < -0.39 is 18.0 Å². The lowest BCUT2D eigenvalue weighted by molar-refractivity contribution is -0.139. The van der Waals surface area contributed by atoms with Crippen molar-refractivity contribution in [1.82, 2.24) is 20.2 Å². The zero-order valence-electron chi connectivity index (χ0n) is 9.96. The van der Waals surface area contributed by atoms with Crippen molar-refractivity contribution in [3.8, 4) is 0 Å². The highest BCUT2D eigenvalue weighted by molar-refractivity contribution is 5.82. The summed E-state index contributed by atoms with van der Waals surface area (Å²) >= 11 is 0. The monoisotopic (exact) mass is 256 g/mol. The summed E-state index contributed by atoms with van der Waals surface area (Å²) in [4.78, 5) is 30.4. The molecule has 0 aliphatic heterocycles. The molecule has 1 aromatic heterocycles. The van der Waals surface area contributed by atoms with Crippen LogP contribution in [0.5, 0.6) is 0 Å². The van der Waals surface area contributed by atoms with E-state index >= 15 is 0 Å². The number of aliphatic carboxylic acids is 1. The van der Waals surface area contributed by atoms with Gasteiger partial charge in [-0.3, -0.25) is 0 Å². The van der Waals surface area contributed by atoms with Crippen LogP contribution in [0.3, 0.4) is 0 Å². The first-order valence-corrected chi connectivity index (χ1v) is 5.37. The fourth-order valence-electron chi connectivity index (χ4n) is 1.33. The molecule has 0 radical (unpaired) electrons. The molecule has 0 saturated heterocycles. The summed E-state index contributed by atoms with van der Waals surface area (Å²) in [7, 11) is 1.47. The molecule has 1 rings (SSSR count). The van der Waals surface area contributed by atoms with Crippen LogP contribution in [0.1, 0.15) is 5.69 Å². The second kappa shape index (κ2) is 6.60. The maximum atomic E-state index is 11.6. The number of nitrogens with zero attached hydrogens (tertiary/aromatic N) is 2. The summed E-state index contributed by atoms with van der Waals surface area (Å²) in [5, 5.41) is 20.1. The van der Waals surface area contributed by atoms with Crippen molar-refractivity contribution in [2.24, 2.45) is 0 Å². The molecule has 0 spiro atoms. The van der Waals surface area contributed by atoms with Crippen LogP contribution in [0.4, 0.5) is 4.79 Å². The Morgan fingerprint density at radius 1 is 1.61 bits per heavy atom. The molecule has 0 unspecified atom stereocenters. The molecule has 0 aromatic carbocycles. The van der Waals surface area contributed by atoms with Crippen molar-refractivity contribution in [3.05, 3.63) is 18.2 Å². The van der Waals surface area contributed by atoms with Crippen LogP contribution < -0.4 is 5.32 Å². The van der Waals surface area contributed by atoms with Gasteiger partial charge < -0.3 is 25.4 Å². The Bertz CT molecular complexity index is 393. The lowest BCUT2D eigenvalue weighted by atomic mass is 10.1. The van der Waals surface area contributed by atoms with Crippen molar-refractivity contribution >= 4 is 12.0 Å². The minimum atomic E-state index is -1.13. The Morgan fingerprint density at radius 3 is 2.83 bits per heavy atom. The number of carboxylic acid groups (broad SMARTS) is 1. The molecule has 100 valence electrons. The van der Waals surface area contributed by atoms with Crippen molar-refractivity contribution in [2.75, 3.05) is 20.2 Å². The van der Waals surface area contributed by atoms with E-state index in [1.165, 1.54) is 24.5 Å². The number of urea groups is 1. The number of imidazole rings is 1. The van der Waals surface area contributed by atoms with Gasteiger partial charge in [0.2, 0.25) is 0 Å². The number of aromatic nitrogens is 2. The van der Waals surface area contributed by atoms with Gasteiger partial charge in [-0.1, -0.05) is 0 Å². The third kappa shape index (κ3) is 4.06. The molecular weight excluding hydrogens is 240 g/mol. The number of carboxylic acids is 1. The summed E-state index contributed by atoms with van der Waals surface area (Å²) < 4.78 is 0. The minimum absolute atomic E-state index is 0.119. The number of hydrogen-bond donors (Lipinski definition) is 4. The highest BCUT2D eigenvalue weighted by Crippen LogP contribution is 1.99. The fraction of sp³-hybridized carbons (Fsp3) is 0.500. The number of carbonyl (C=O) groups is 2. The van der Waals surface area contributed by atoms with Crippen molar-refractivity contribution in [1.29, 1.82) is 0 Å². The molecule has 1 heterocycles. The average Bonchev–Trinajstić information content (AvgIpc) is 2.81. The predicted molar refractivity (Wildman–Crippen MR) is 62.0 cm³/mol. The molecule has 0 aliphatic rings. The zero-order chi connectivity index (χ0) is 13.5. The topological polar surface area (TPSA) is 119 Å². The Kier molecular flexibility index (Phi) is 5.12. The molecule has 1 aromatic rings. The van der Waals surface area contributed by atoms with Crippen molar-refractivity contribution < 1.29 is 19.8 Å². The second-order valence-corrected chi connectivity index (χ2v) is 3.77. The van der Waals surface area contributed by atoms with E-state index in [2.05, 4.69) is 15.3 Å². The lowest BCUT2D eigenvalue weighted by Gasteiger charge is -2.20. The first-order chi connectivity index (χ1) is 8.54. The van der Waals surface area contributed by atoms with Gasteiger partial charge >= 0.3 is 12.0 Å². The predicted octanol–water partition coefficient (Wildman–Crippen LogP) is -0.961. The van der Waals surface area contributed by atoms with Gasteiger partial charge in [-0.15, -0.1) is 0 Å². The van der Waals surface area contributed by atoms with E-state index in [9.17, 15) is 9.59 Å². The molecular formula is C10H16N4O4.